The van der Waals surface area contributed by atoms with Crippen LogP contribution in [0, 0.1) is 17.8 Å². The Balaban J connectivity index is 1.16. The van der Waals surface area contributed by atoms with E-state index in [-0.39, 0.29) is 50.0 Å². The number of carbonyl (C=O) groups is 4. The standard InChI is InChI=1S/C58H53N7O10/c1-71-35-36-74-57(70)64-46-27-22-38(13-12-28-63-47-20-10-9-19-45(47)60-61-63)37-44(46)58(56(64)69)49(54(67)59-41-23-25-42(26-24-41)62-29-32-72-33-30-62)51-55(68)75-52(40-16-6-3-7-17-40)50(39-14-4-2-5-15-39)65(51)53(58)43-18-8-11-21-48(43)73-34-31-66/h2-11,14-27,37,49-53,66H,28-36H2,1H3,(H,59,67). The zero-order valence-corrected chi connectivity index (χ0v) is 41.0. The molecule has 6 aromatic carbocycles. The maximum absolute atomic E-state index is 16.7. The fourth-order valence-corrected chi connectivity index (χ4v) is 11.3. The van der Waals surface area contributed by atoms with Gasteiger partial charge in [-0.05, 0) is 77.4 Å². The molecule has 7 aromatic rings. The summed E-state index contributed by atoms with van der Waals surface area (Å²) in [6.07, 6.45) is -1.98. The van der Waals surface area contributed by atoms with Gasteiger partial charge in [-0.25, -0.2) is 14.4 Å². The van der Waals surface area contributed by atoms with Crippen LogP contribution in [0.25, 0.3) is 11.0 Å². The molecule has 11 rings (SSSR count). The molecule has 6 atom stereocenters. The van der Waals surface area contributed by atoms with E-state index < -0.39 is 59.4 Å². The summed E-state index contributed by atoms with van der Waals surface area (Å²) in [5.74, 6) is 2.86. The number of nitrogens with zero attached hydrogens (tertiary/aromatic N) is 6. The third kappa shape index (κ3) is 8.91. The molecule has 3 fully saturated rings. The lowest BCUT2D eigenvalue weighted by Gasteiger charge is -2.46. The SMILES string of the molecule is COCCOC(=O)N1C(=O)C2(c3cc(C#CCn4nnc5ccccc54)ccc31)C(C(=O)Nc1ccc(N3CCOCC3)cc1)C1C(=O)OC(c3ccccc3)C(c3ccccc3)N1C2c1ccccc1OCCO. The highest BCUT2D eigenvalue weighted by Gasteiger charge is 2.76. The number of nitrogens with one attached hydrogen (secondary N) is 1. The predicted octanol–water partition coefficient (Wildman–Crippen LogP) is 6.78. The van der Waals surface area contributed by atoms with E-state index in [0.29, 0.717) is 54.2 Å². The molecule has 0 radical (unpaired) electrons. The number of fused-ring (bicyclic) bond motifs is 4. The molecule has 17 heteroatoms. The Morgan fingerprint density at radius 1 is 0.813 bits per heavy atom. The van der Waals surface area contributed by atoms with E-state index in [9.17, 15) is 9.90 Å². The predicted molar refractivity (Wildman–Crippen MR) is 277 cm³/mol. The van der Waals surface area contributed by atoms with Gasteiger partial charge < -0.3 is 39.0 Å². The van der Waals surface area contributed by atoms with Crippen LogP contribution in [-0.4, -0.2) is 115 Å². The summed E-state index contributed by atoms with van der Waals surface area (Å²) in [5.41, 5.74) is 3.30. The summed E-state index contributed by atoms with van der Waals surface area (Å²) < 4.78 is 31.3. The number of aliphatic hydroxyl groups is 1. The molecule has 0 bridgehead atoms. The number of para-hydroxylation sites is 2. The van der Waals surface area contributed by atoms with E-state index >= 15 is 14.4 Å². The number of carbonyl (C=O) groups excluding carboxylic acids is 4. The van der Waals surface area contributed by atoms with Crippen LogP contribution in [-0.2, 0) is 45.3 Å². The van der Waals surface area contributed by atoms with Gasteiger partial charge in [0.15, 0.2) is 0 Å². The Morgan fingerprint density at radius 3 is 2.29 bits per heavy atom. The first-order valence-corrected chi connectivity index (χ1v) is 24.9. The van der Waals surface area contributed by atoms with E-state index in [2.05, 4.69) is 32.4 Å². The summed E-state index contributed by atoms with van der Waals surface area (Å²) in [6, 6.07) is 42.2. The summed E-state index contributed by atoms with van der Waals surface area (Å²) in [6.45, 7) is 2.11. The second-order valence-electron chi connectivity index (χ2n) is 18.5. The van der Waals surface area contributed by atoms with Crippen LogP contribution in [0.2, 0.25) is 0 Å². The monoisotopic (exact) mass is 1010 g/mol. The molecule has 0 aliphatic carbocycles. The zero-order valence-electron chi connectivity index (χ0n) is 41.0. The van der Waals surface area contributed by atoms with Gasteiger partial charge in [0.25, 0.3) is 0 Å². The second kappa shape index (κ2) is 21.2. The minimum atomic E-state index is -2.14. The van der Waals surface area contributed by atoms with Crippen LogP contribution in [0.5, 0.6) is 5.75 Å². The van der Waals surface area contributed by atoms with Crippen molar-refractivity contribution in [3.05, 3.63) is 179 Å². The smallest absolute Gasteiger partial charge is 0.421 e. The van der Waals surface area contributed by atoms with Crippen LogP contribution in [0.1, 0.15) is 46.0 Å². The number of morpholine rings is 2. The number of imide groups is 1. The summed E-state index contributed by atoms with van der Waals surface area (Å²) in [4.78, 5) is 68.3. The fraction of sp³-hybridized carbons (Fsp3) is 0.276. The third-order valence-corrected chi connectivity index (χ3v) is 14.4. The Hall–Kier alpha value is -8.40. The molecule has 17 nitrogen and oxygen atoms in total. The van der Waals surface area contributed by atoms with Gasteiger partial charge in [0.2, 0.25) is 11.8 Å². The van der Waals surface area contributed by atoms with Crippen molar-refractivity contribution in [1.82, 2.24) is 19.9 Å². The number of anilines is 3. The number of aliphatic hydroxyl groups excluding tert-OH is 1. The number of ether oxygens (including phenoxy) is 5. The molecule has 5 heterocycles. The average Bonchev–Trinajstić information content (AvgIpc) is 4.19. The van der Waals surface area contributed by atoms with E-state index in [4.69, 9.17) is 23.7 Å². The molecule has 75 heavy (non-hydrogen) atoms. The van der Waals surface area contributed by atoms with Crippen molar-refractivity contribution in [2.45, 2.75) is 36.2 Å². The number of benzene rings is 6. The zero-order chi connectivity index (χ0) is 51.5. The van der Waals surface area contributed by atoms with Crippen molar-refractivity contribution < 1.29 is 48.0 Å². The Labute approximate surface area is 432 Å². The van der Waals surface area contributed by atoms with Gasteiger partial charge in [-0.1, -0.05) is 108 Å². The number of hydrogen-bond donors (Lipinski definition) is 2. The number of amides is 3. The van der Waals surface area contributed by atoms with Gasteiger partial charge in [0, 0.05) is 42.7 Å². The molecule has 6 unspecified atom stereocenters. The highest BCUT2D eigenvalue weighted by Crippen LogP contribution is 2.67. The van der Waals surface area contributed by atoms with Crippen molar-refractivity contribution in [3.63, 3.8) is 0 Å². The van der Waals surface area contributed by atoms with Gasteiger partial charge in [-0.2, -0.15) is 0 Å². The van der Waals surface area contributed by atoms with Gasteiger partial charge in [0.05, 0.1) is 55.6 Å². The number of rotatable bonds is 13. The van der Waals surface area contributed by atoms with E-state index in [1.165, 1.54) is 7.11 Å². The van der Waals surface area contributed by atoms with Gasteiger partial charge in [-0.15, -0.1) is 5.10 Å². The number of hydrogen-bond acceptors (Lipinski definition) is 14. The maximum Gasteiger partial charge on any atom is 0.421 e. The Bertz CT molecular complexity index is 3300. The Morgan fingerprint density at radius 2 is 1.53 bits per heavy atom. The van der Waals surface area contributed by atoms with Gasteiger partial charge in [0.1, 0.15) is 48.6 Å². The first-order chi connectivity index (χ1) is 36.8. The van der Waals surface area contributed by atoms with Crippen molar-refractivity contribution in [1.29, 1.82) is 0 Å². The number of cyclic esters (lactones) is 1. The van der Waals surface area contributed by atoms with Crippen molar-refractivity contribution in [2.75, 3.05) is 75.0 Å². The molecule has 380 valence electrons. The molecular weight excluding hydrogens is 955 g/mol. The van der Waals surface area contributed by atoms with Crippen molar-refractivity contribution >= 4 is 52.0 Å². The first-order valence-electron chi connectivity index (χ1n) is 24.9. The summed E-state index contributed by atoms with van der Waals surface area (Å²) in [5, 5.41) is 21.9. The normalized spacial score (nSPS) is 22.0. The lowest BCUT2D eigenvalue weighted by molar-refractivity contribution is -0.177. The van der Waals surface area contributed by atoms with E-state index in [1.54, 1.807) is 59.3 Å². The van der Waals surface area contributed by atoms with Crippen LogP contribution in [0.15, 0.2) is 152 Å². The van der Waals surface area contributed by atoms with Gasteiger partial charge >= 0.3 is 12.1 Å². The van der Waals surface area contributed by atoms with Gasteiger partial charge in [-0.3, -0.25) is 19.3 Å². The van der Waals surface area contributed by atoms with Crippen LogP contribution < -0.4 is 19.9 Å². The molecule has 0 saturated carbocycles. The second-order valence-corrected chi connectivity index (χ2v) is 18.5. The molecule has 3 saturated heterocycles. The molecule has 4 aliphatic rings. The molecule has 4 aliphatic heterocycles. The molecule has 3 amide bonds. The van der Waals surface area contributed by atoms with Crippen LogP contribution >= 0.6 is 0 Å². The highest BCUT2D eigenvalue weighted by atomic mass is 16.6. The first kappa shape index (κ1) is 48.8. The van der Waals surface area contributed by atoms with Crippen molar-refractivity contribution in [3.8, 4) is 17.6 Å². The number of aromatic nitrogens is 3. The fourth-order valence-electron chi connectivity index (χ4n) is 11.3. The lowest BCUT2D eigenvalue weighted by atomic mass is 9.65. The number of esters is 1. The number of methoxy groups -OCH3 is 1. The maximum atomic E-state index is 16.7. The lowest BCUT2D eigenvalue weighted by Crippen LogP contribution is -2.54. The van der Waals surface area contributed by atoms with E-state index in [1.807, 2.05) is 102 Å². The van der Waals surface area contributed by atoms with Crippen LogP contribution in [0.4, 0.5) is 21.9 Å². The summed E-state index contributed by atoms with van der Waals surface area (Å²) >= 11 is 0. The summed E-state index contributed by atoms with van der Waals surface area (Å²) in [7, 11) is 1.47. The Kier molecular flexibility index (Phi) is 13.8. The highest BCUT2D eigenvalue weighted by molar-refractivity contribution is 6.24. The third-order valence-electron chi connectivity index (χ3n) is 14.4. The van der Waals surface area contributed by atoms with Crippen LogP contribution in [0.3, 0.4) is 0 Å². The average molecular weight is 1010 g/mol. The van der Waals surface area contributed by atoms with E-state index in [0.717, 1.165) is 21.7 Å². The minimum absolute atomic E-state index is 0.0379. The van der Waals surface area contributed by atoms with Crippen molar-refractivity contribution in [2.24, 2.45) is 5.92 Å². The molecular formula is C58H53N7O10. The molecule has 1 aromatic heterocycles. The molecule has 2 N–H and O–H groups in total. The quantitative estimate of drug-likeness (QED) is 0.0700. The minimum Gasteiger partial charge on any atom is -0.491 e. The largest absolute Gasteiger partial charge is 0.491 e. The topological polar surface area (TPSA) is 187 Å². The molecule has 1 spiro atoms.